The van der Waals surface area contributed by atoms with E-state index in [0.717, 1.165) is 35.8 Å². The third-order valence-electron chi connectivity index (χ3n) is 3.41. The van der Waals surface area contributed by atoms with E-state index in [2.05, 4.69) is 31.7 Å². The van der Waals surface area contributed by atoms with E-state index in [-0.39, 0.29) is 0 Å². The van der Waals surface area contributed by atoms with Gasteiger partial charge in [0.1, 0.15) is 17.3 Å². The number of imidazole rings is 1. The molecule has 0 amide bonds. The van der Waals surface area contributed by atoms with Crippen molar-refractivity contribution in [3.63, 3.8) is 0 Å². The van der Waals surface area contributed by atoms with Crippen molar-refractivity contribution < 1.29 is 0 Å². The summed E-state index contributed by atoms with van der Waals surface area (Å²) < 4.78 is 3.57. The summed E-state index contributed by atoms with van der Waals surface area (Å²) in [6.07, 6.45) is 4.88. The molecule has 0 aliphatic rings. The van der Waals surface area contributed by atoms with Gasteiger partial charge in [0.15, 0.2) is 5.65 Å². The number of hydrogen-bond donors (Lipinski definition) is 1. The van der Waals surface area contributed by atoms with Crippen molar-refractivity contribution in [2.75, 3.05) is 11.9 Å². The standard InChI is InChI=1S/C15H15N7/c1-11-17-15-6-5-13(20-22(15)19-11)16-8-7-12-10-21-9-3-2-4-14(21)18-12/h2-6,9-10H,7-8H2,1H3,(H,16,20). The molecule has 0 saturated carbocycles. The molecule has 0 unspecified atom stereocenters. The Balaban J connectivity index is 1.44. The zero-order valence-electron chi connectivity index (χ0n) is 12.1. The number of aryl methyl sites for hydroxylation is 1. The van der Waals surface area contributed by atoms with Crippen molar-refractivity contribution >= 4 is 17.1 Å². The van der Waals surface area contributed by atoms with E-state index in [0.29, 0.717) is 5.82 Å². The van der Waals surface area contributed by atoms with Gasteiger partial charge in [0, 0.05) is 25.4 Å². The van der Waals surface area contributed by atoms with Crippen LogP contribution in [0.3, 0.4) is 0 Å². The lowest BCUT2D eigenvalue weighted by atomic mass is 10.3. The van der Waals surface area contributed by atoms with Crippen LogP contribution >= 0.6 is 0 Å². The first kappa shape index (κ1) is 12.8. The topological polar surface area (TPSA) is 72.4 Å². The van der Waals surface area contributed by atoms with E-state index in [4.69, 9.17) is 0 Å². The summed E-state index contributed by atoms with van der Waals surface area (Å²) in [5.41, 5.74) is 2.77. The minimum atomic E-state index is 0.717. The molecule has 4 rings (SSSR count). The summed E-state index contributed by atoms with van der Waals surface area (Å²) in [5, 5.41) is 11.9. The summed E-state index contributed by atoms with van der Waals surface area (Å²) >= 11 is 0. The van der Waals surface area contributed by atoms with Crippen molar-refractivity contribution in [3.8, 4) is 0 Å². The maximum absolute atomic E-state index is 4.57. The summed E-state index contributed by atoms with van der Waals surface area (Å²) in [6, 6.07) is 9.80. The monoisotopic (exact) mass is 293 g/mol. The lowest BCUT2D eigenvalue weighted by molar-refractivity contribution is 0.786. The van der Waals surface area contributed by atoms with Crippen LogP contribution in [0.2, 0.25) is 0 Å². The number of rotatable bonds is 4. The van der Waals surface area contributed by atoms with Crippen LogP contribution in [-0.4, -0.2) is 35.7 Å². The fourth-order valence-electron chi connectivity index (χ4n) is 2.41. The molecule has 0 aliphatic heterocycles. The van der Waals surface area contributed by atoms with E-state index < -0.39 is 0 Å². The number of aromatic nitrogens is 6. The Morgan fingerprint density at radius 2 is 2.00 bits per heavy atom. The maximum Gasteiger partial charge on any atom is 0.176 e. The molecule has 1 N–H and O–H groups in total. The zero-order chi connectivity index (χ0) is 14.9. The second kappa shape index (κ2) is 5.10. The van der Waals surface area contributed by atoms with Crippen LogP contribution < -0.4 is 5.32 Å². The Morgan fingerprint density at radius 1 is 1.05 bits per heavy atom. The van der Waals surface area contributed by atoms with Gasteiger partial charge in [-0.1, -0.05) is 6.07 Å². The number of pyridine rings is 1. The van der Waals surface area contributed by atoms with E-state index in [9.17, 15) is 0 Å². The Bertz CT molecular complexity index is 904. The quantitative estimate of drug-likeness (QED) is 0.620. The lowest BCUT2D eigenvalue weighted by Crippen LogP contribution is -2.08. The minimum absolute atomic E-state index is 0.717. The van der Waals surface area contributed by atoms with Gasteiger partial charge in [-0.15, -0.1) is 14.8 Å². The van der Waals surface area contributed by atoms with Gasteiger partial charge in [-0.25, -0.2) is 9.97 Å². The third-order valence-corrected chi connectivity index (χ3v) is 3.41. The number of nitrogens with one attached hydrogen (secondary N) is 1. The number of anilines is 1. The van der Waals surface area contributed by atoms with Gasteiger partial charge < -0.3 is 9.72 Å². The van der Waals surface area contributed by atoms with Crippen molar-refractivity contribution in [2.45, 2.75) is 13.3 Å². The average Bonchev–Trinajstić information content (AvgIpc) is 3.08. The van der Waals surface area contributed by atoms with Gasteiger partial charge >= 0.3 is 0 Å². The maximum atomic E-state index is 4.57. The normalized spacial score (nSPS) is 11.3. The van der Waals surface area contributed by atoms with Gasteiger partial charge in [-0.05, 0) is 31.2 Å². The number of hydrogen-bond acceptors (Lipinski definition) is 5. The second-order valence-corrected chi connectivity index (χ2v) is 5.10. The average molecular weight is 293 g/mol. The van der Waals surface area contributed by atoms with Crippen LogP contribution in [0, 0.1) is 6.92 Å². The third kappa shape index (κ3) is 2.37. The van der Waals surface area contributed by atoms with Gasteiger partial charge in [0.25, 0.3) is 0 Å². The summed E-state index contributed by atoms with van der Waals surface area (Å²) in [5.74, 6) is 1.50. The molecule has 0 aliphatic carbocycles. The largest absolute Gasteiger partial charge is 0.368 e. The molecule has 110 valence electrons. The highest BCUT2D eigenvalue weighted by atomic mass is 15.5. The van der Waals surface area contributed by atoms with Crippen molar-refractivity contribution in [2.24, 2.45) is 0 Å². The van der Waals surface area contributed by atoms with Crippen LogP contribution in [-0.2, 0) is 6.42 Å². The smallest absolute Gasteiger partial charge is 0.176 e. The number of fused-ring (bicyclic) bond motifs is 2. The van der Waals surface area contributed by atoms with Crippen molar-refractivity contribution in [3.05, 3.63) is 54.2 Å². The first-order valence-electron chi connectivity index (χ1n) is 7.15. The predicted molar refractivity (Wildman–Crippen MR) is 82.9 cm³/mol. The molecule has 4 aromatic heterocycles. The molecule has 0 aromatic carbocycles. The summed E-state index contributed by atoms with van der Waals surface area (Å²) in [7, 11) is 0. The SMILES string of the molecule is Cc1nc2ccc(NCCc3cn4ccccc4n3)nn2n1. The first-order valence-corrected chi connectivity index (χ1v) is 7.15. The molecule has 0 spiro atoms. The first-order chi connectivity index (χ1) is 10.8. The van der Waals surface area contributed by atoms with Crippen molar-refractivity contribution in [1.29, 1.82) is 0 Å². The minimum Gasteiger partial charge on any atom is -0.368 e. The van der Waals surface area contributed by atoms with Gasteiger partial charge in [0.2, 0.25) is 0 Å². The molecule has 0 fully saturated rings. The Labute approximate surface area is 126 Å². The molecule has 22 heavy (non-hydrogen) atoms. The molecular formula is C15H15N7. The summed E-state index contributed by atoms with van der Waals surface area (Å²) in [4.78, 5) is 8.83. The Kier molecular flexibility index (Phi) is 2.96. The van der Waals surface area contributed by atoms with Crippen LogP contribution in [0.4, 0.5) is 5.82 Å². The van der Waals surface area contributed by atoms with Crippen LogP contribution in [0.1, 0.15) is 11.5 Å². The van der Waals surface area contributed by atoms with Crippen LogP contribution in [0.25, 0.3) is 11.3 Å². The summed E-state index contributed by atoms with van der Waals surface area (Å²) in [6.45, 7) is 2.61. The molecule has 4 heterocycles. The molecule has 7 nitrogen and oxygen atoms in total. The fraction of sp³-hybridized carbons (Fsp3) is 0.200. The van der Waals surface area contributed by atoms with Gasteiger partial charge in [-0.3, -0.25) is 0 Å². The molecule has 7 heteroatoms. The van der Waals surface area contributed by atoms with E-state index in [1.807, 2.05) is 47.9 Å². The molecular weight excluding hydrogens is 278 g/mol. The van der Waals surface area contributed by atoms with E-state index in [1.165, 1.54) is 0 Å². The molecule has 0 radical (unpaired) electrons. The second-order valence-electron chi connectivity index (χ2n) is 5.10. The Hall–Kier alpha value is -2.96. The molecule has 0 saturated heterocycles. The zero-order valence-corrected chi connectivity index (χ0v) is 12.1. The van der Waals surface area contributed by atoms with Gasteiger partial charge in [0.05, 0.1) is 5.69 Å². The molecule has 0 bridgehead atoms. The van der Waals surface area contributed by atoms with Crippen LogP contribution in [0.15, 0.2) is 42.7 Å². The highest BCUT2D eigenvalue weighted by molar-refractivity contribution is 5.43. The van der Waals surface area contributed by atoms with Gasteiger partial charge in [-0.2, -0.15) is 0 Å². The van der Waals surface area contributed by atoms with E-state index in [1.54, 1.807) is 4.63 Å². The van der Waals surface area contributed by atoms with E-state index >= 15 is 0 Å². The molecule has 4 aromatic rings. The van der Waals surface area contributed by atoms with Crippen LogP contribution in [0.5, 0.6) is 0 Å². The molecule has 0 atom stereocenters. The fourth-order valence-corrected chi connectivity index (χ4v) is 2.41. The highest BCUT2D eigenvalue weighted by Crippen LogP contribution is 2.07. The Morgan fingerprint density at radius 3 is 2.91 bits per heavy atom. The number of nitrogens with zero attached hydrogens (tertiary/aromatic N) is 6. The lowest BCUT2D eigenvalue weighted by Gasteiger charge is -2.03. The highest BCUT2D eigenvalue weighted by Gasteiger charge is 2.03. The van der Waals surface area contributed by atoms with Crippen molar-refractivity contribution in [1.82, 2.24) is 29.2 Å². The predicted octanol–water partition coefficient (Wildman–Crippen LogP) is 1.74.